The van der Waals surface area contributed by atoms with Crippen molar-refractivity contribution in [2.75, 3.05) is 19.6 Å². The molecule has 15 heavy (non-hydrogen) atoms. The summed E-state index contributed by atoms with van der Waals surface area (Å²) in [6, 6.07) is 6.40. The third-order valence-corrected chi connectivity index (χ3v) is 3.14. The number of benzene rings is 1. The van der Waals surface area contributed by atoms with E-state index in [-0.39, 0.29) is 0 Å². The topological polar surface area (TPSA) is 33.3 Å². The van der Waals surface area contributed by atoms with Crippen molar-refractivity contribution in [3.63, 3.8) is 0 Å². The van der Waals surface area contributed by atoms with E-state index in [1.165, 1.54) is 11.1 Å². The molecule has 2 N–H and O–H groups in total. The fraction of sp³-hybridized carbons (Fsp3) is 0.500. The van der Waals surface area contributed by atoms with Crippen LogP contribution in [0.25, 0.3) is 0 Å². The van der Waals surface area contributed by atoms with E-state index in [9.17, 15) is 0 Å². The maximum absolute atomic E-state index is 5.95. The highest BCUT2D eigenvalue weighted by atomic mass is 16.5. The monoisotopic (exact) mass is 204 g/mol. The quantitative estimate of drug-likeness (QED) is 0.743. The van der Waals surface area contributed by atoms with Gasteiger partial charge in [-0.25, -0.2) is 0 Å². The van der Waals surface area contributed by atoms with Gasteiger partial charge in [0.15, 0.2) is 0 Å². The molecule has 80 valence electrons. The lowest BCUT2D eigenvalue weighted by Gasteiger charge is -2.30. The molecule has 0 atom stereocenters. The molecule has 0 saturated carbocycles. The van der Waals surface area contributed by atoms with Crippen LogP contribution in [0.1, 0.15) is 11.1 Å². The molecular weight excluding hydrogens is 188 g/mol. The third kappa shape index (κ3) is 1.73. The Labute approximate surface area is 89.8 Å². The molecule has 0 bridgehead atoms. The Morgan fingerprint density at radius 3 is 2.93 bits per heavy atom. The molecule has 0 unspecified atom stereocenters. The molecule has 3 heteroatoms. The second-order valence-corrected chi connectivity index (χ2v) is 4.22. The van der Waals surface area contributed by atoms with Crippen LogP contribution in [-0.2, 0) is 13.0 Å². The van der Waals surface area contributed by atoms with Gasteiger partial charge in [-0.1, -0.05) is 12.1 Å². The lowest BCUT2D eigenvalue weighted by molar-refractivity contribution is 0.140. The van der Waals surface area contributed by atoms with Crippen LogP contribution in [0.2, 0.25) is 0 Å². The number of fused-ring (bicyclic) bond motifs is 1. The first-order chi connectivity index (χ1) is 7.43. The average molecular weight is 204 g/mol. The second kappa shape index (κ2) is 3.83. The normalized spacial score (nSPS) is 20.5. The van der Waals surface area contributed by atoms with Crippen LogP contribution in [0.15, 0.2) is 18.2 Å². The Kier molecular flexibility index (Phi) is 2.35. The van der Waals surface area contributed by atoms with E-state index in [1.807, 2.05) is 0 Å². The largest absolute Gasteiger partial charge is 0.487 e. The highest BCUT2D eigenvalue weighted by molar-refractivity contribution is 5.41. The Bertz CT molecular complexity index is 361. The third-order valence-electron chi connectivity index (χ3n) is 3.14. The van der Waals surface area contributed by atoms with Crippen LogP contribution in [0.4, 0.5) is 0 Å². The van der Waals surface area contributed by atoms with E-state index in [2.05, 4.69) is 28.8 Å². The Balaban J connectivity index is 1.85. The second-order valence-electron chi connectivity index (χ2n) is 4.22. The molecule has 0 aliphatic carbocycles. The number of hydrogen-bond acceptors (Lipinski definition) is 3. The van der Waals surface area contributed by atoms with E-state index < -0.39 is 0 Å². The standard InChI is InChI=1S/C12H16N2O/c1-2-9-4-5-13-8-11(9)12(3-1)15-10-6-14-7-10/h1-3,10,13-14H,4-8H2. The van der Waals surface area contributed by atoms with Crippen LogP contribution in [0, 0.1) is 0 Å². The minimum atomic E-state index is 0.374. The van der Waals surface area contributed by atoms with Crippen LogP contribution in [0.3, 0.4) is 0 Å². The van der Waals surface area contributed by atoms with Crippen molar-refractivity contribution in [1.29, 1.82) is 0 Å². The molecule has 3 rings (SSSR count). The molecule has 0 amide bonds. The smallest absolute Gasteiger partial charge is 0.124 e. The molecule has 2 aliphatic heterocycles. The number of ether oxygens (including phenoxy) is 1. The summed E-state index contributed by atoms with van der Waals surface area (Å²) in [5, 5.41) is 6.62. The van der Waals surface area contributed by atoms with Crippen molar-refractivity contribution < 1.29 is 4.74 Å². The molecule has 1 fully saturated rings. The van der Waals surface area contributed by atoms with Crippen molar-refractivity contribution in [3.05, 3.63) is 29.3 Å². The fourth-order valence-electron chi connectivity index (χ4n) is 2.12. The maximum atomic E-state index is 5.95. The predicted octanol–water partition coefficient (Wildman–Crippen LogP) is 0.683. The molecule has 2 aliphatic rings. The maximum Gasteiger partial charge on any atom is 0.124 e. The van der Waals surface area contributed by atoms with Gasteiger partial charge in [-0.15, -0.1) is 0 Å². The molecule has 3 nitrogen and oxygen atoms in total. The summed E-state index contributed by atoms with van der Waals surface area (Å²) in [4.78, 5) is 0. The van der Waals surface area contributed by atoms with E-state index in [0.717, 1.165) is 38.3 Å². The van der Waals surface area contributed by atoms with E-state index >= 15 is 0 Å². The predicted molar refractivity (Wildman–Crippen MR) is 59.1 cm³/mol. The first-order valence-electron chi connectivity index (χ1n) is 5.62. The van der Waals surface area contributed by atoms with Crippen LogP contribution in [0.5, 0.6) is 5.75 Å². The first-order valence-corrected chi connectivity index (χ1v) is 5.62. The molecule has 1 aromatic rings. The number of nitrogens with one attached hydrogen (secondary N) is 2. The van der Waals surface area contributed by atoms with Gasteiger partial charge >= 0.3 is 0 Å². The highest BCUT2D eigenvalue weighted by Gasteiger charge is 2.21. The van der Waals surface area contributed by atoms with Gasteiger partial charge in [-0.3, -0.25) is 0 Å². The minimum Gasteiger partial charge on any atom is -0.487 e. The van der Waals surface area contributed by atoms with Gasteiger partial charge in [0.25, 0.3) is 0 Å². The number of rotatable bonds is 2. The van der Waals surface area contributed by atoms with Crippen LogP contribution >= 0.6 is 0 Å². The summed E-state index contributed by atoms with van der Waals surface area (Å²) in [7, 11) is 0. The highest BCUT2D eigenvalue weighted by Crippen LogP contribution is 2.26. The average Bonchev–Trinajstić information content (AvgIpc) is 2.23. The minimum absolute atomic E-state index is 0.374. The molecule has 1 saturated heterocycles. The zero-order valence-corrected chi connectivity index (χ0v) is 8.75. The zero-order valence-electron chi connectivity index (χ0n) is 8.75. The molecule has 0 aromatic heterocycles. The SMILES string of the molecule is c1cc2c(c(OC3CNC3)c1)CNCC2. The van der Waals surface area contributed by atoms with E-state index in [0.29, 0.717) is 6.10 Å². The Morgan fingerprint density at radius 2 is 2.13 bits per heavy atom. The zero-order chi connectivity index (χ0) is 10.1. The molecule has 2 heterocycles. The molecule has 1 aromatic carbocycles. The van der Waals surface area contributed by atoms with Gasteiger partial charge in [0.1, 0.15) is 11.9 Å². The van der Waals surface area contributed by atoms with E-state index in [1.54, 1.807) is 0 Å². The lowest BCUT2D eigenvalue weighted by atomic mass is 10.00. The number of hydrogen-bond donors (Lipinski definition) is 2. The summed E-state index contributed by atoms with van der Waals surface area (Å²) < 4.78 is 5.95. The van der Waals surface area contributed by atoms with Gasteiger partial charge in [0, 0.05) is 25.2 Å². The first kappa shape index (κ1) is 9.19. The molecule has 0 radical (unpaired) electrons. The van der Waals surface area contributed by atoms with Gasteiger partial charge in [-0.05, 0) is 24.6 Å². The lowest BCUT2D eigenvalue weighted by Crippen LogP contribution is -2.50. The molecule has 0 spiro atoms. The Morgan fingerprint density at radius 1 is 1.20 bits per heavy atom. The van der Waals surface area contributed by atoms with Gasteiger partial charge < -0.3 is 15.4 Å². The summed E-state index contributed by atoms with van der Waals surface area (Å²) >= 11 is 0. The van der Waals surface area contributed by atoms with Crippen LogP contribution in [-0.4, -0.2) is 25.7 Å². The van der Waals surface area contributed by atoms with Crippen molar-refractivity contribution in [2.45, 2.75) is 19.1 Å². The van der Waals surface area contributed by atoms with Crippen molar-refractivity contribution in [3.8, 4) is 5.75 Å². The van der Waals surface area contributed by atoms with Gasteiger partial charge in [0.05, 0.1) is 0 Å². The van der Waals surface area contributed by atoms with Gasteiger partial charge in [-0.2, -0.15) is 0 Å². The molecular formula is C12H16N2O. The van der Waals surface area contributed by atoms with Crippen molar-refractivity contribution in [2.24, 2.45) is 0 Å². The van der Waals surface area contributed by atoms with Crippen molar-refractivity contribution >= 4 is 0 Å². The Hall–Kier alpha value is -1.06. The van der Waals surface area contributed by atoms with Gasteiger partial charge in [0.2, 0.25) is 0 Å². The summed E-state index contributed by atoms with van der Waals surface area (Å²) in [6.45, 7) is 4.00. The summed E-state index contributed by atoms with van der Waals surface area (Å²) in [6.07, 6.45) is 1.49. The van der Waals surface area contributed by atoms with Crippen molar-refractivity contribution in [1.82, 2.24) is 10.6 Å². The fourth-order valence-corrected chi connectivity index (χ4v) is 2.12. The summed E-state index contributed by atoms with van der Waals surface area (Å²) in [5.41, 5.74) is 2.80. The van der Waals surface area contributed by atoms with Crippen LogP contribution < -0.4 is 15.4 Å². The summed E-state index contributed by atoms with van der Waals surface area (Å²) in [5.74, 6) is 1.08. The van der Waals surface area contributed by atoms with E-state index in [4.69, 9.17) is 4.74 Å².